The van der Waals surface area contributed by atoms with Gasteiger partial charge in [0.1, 0.15) is 0 Å². The lowest BCUT2D eigenvalue weighted by molar-refractivity contribution is -0.129. The first-order valence-electron chi connectivity index (χ1n) is 11.7. The predicted octanol–water partition coefficient (Wildman–Crippen LogP) is 2.18. The Morgan fingerprint density at radius 1 is 1.22 bits per heavy atom. The Labute approximate surface area is 189 Å². The molecule has 2 N–H and O–H groups in total. The number of rotatable bonds is 7. The van der Waals surface area contributed by atoms with Crippen LogP contribution in [0.3, 0.4) is 0 Å². The fourth-order valence-corrected chi connectivity index (χ4v) is 5.34. The summed E-state index contributed by atoms with van der Waals surface area (Å²) in [5.74, 6) is -0.151. The van der Waals surface area contributed by atoms with Crippen molar-refractivity contribution < 1.29 is 14.7 Å². The predicted molar refractivity (Wildman–Crippen MR) is 123 cm³/mol. The highest BCUT2D eigenvalue weighted by Crippen LogP contribution is 2.36. The summed E-state index contributed by atoms with van der Waals surface area (Å²) in [6.07, 6.45) is 3.35. The van der Waals surface area contributed by atoms with Gasteiger partial charge in [0.05, 0.1) is 11.6 Å². The number of aliphatic hydroxyl groups excluding tert-OH is 1. The summed E-state index contributed by atoms with van der Waals surface area (Å²) >= 11 is 0. The second kappa shape index (κ2) is 9.19. The normalized spacial score (nSPS) is 24.1. The number of amides is 2. The fraction of sp³-hybridized carbons (Fsp3) is 0.625. The highest BCUT2D eigenvalue weighted by molar-refractivity contribution is 6.05. The molecule has 8 nitrogen and oxygen atoms in total. The van der Waals surface area contributed by atoms with Crippen LogP contribution in [-0.4, -0.2) is 80.9 Å². The molecule has 0 radical (unpaired) electrons. The quantitative estimate of drug-likeness (QED) is 0.687. The van der Waals surface area contributed by atoms with E-state index in [1.165, 1.54) is 6.92 Å². The number of para-hydroxylation sites is 1. The SMILES string of the molecule is CC(=O)N(C)CC(O)CN1[C@H]2CC[C@H]1CC(NC(=O)c1nn(C(C)C)c3ccccc13)C2. The number of nitrogens with zero attached hydrogens (tertiary/aromatic N) is 4. The first-order valence-corrected chi connectivity index (χ1v) is 11.7. The van der Waals surface area contributed by atoms with Crippen molar-refractivity contribution in [1.29, 1.82) is 0 Å². The van der Waals surface area contributed by atoms with Gasteiger partial charge in [0, 0.05) is 56.6 Å². The van der Waals surface area contributed by atoms with Crippen molar-refractivity contribution in [3.8, 4) is 0 Å². The summed E-state index contributed by atoms with van der Waals surface area (Å²) in [5.41, 5.74) is 1.47. The van der Waals surface area contributed by atoms with Crippen LogP contribution in [0.15, 0.2) is 24.3 Å². The van der Waals surface area contributed by atoms with Gasteiger partial charge in [-0.15, -0.1) is 0 Å². The lowest BCUT2D eigenvalue weighted by Crippen LogP contribution is -2.53. The molecular formula is C24H35N5O3. The van der Waals surface area contributed by atoms with Crippen molar-refractivity contribution in [2.45, 2.75) is 76.7 Å². The highest BCUT2D eigenvalue weighted by atomic mass is 16.3. The lowest BCUT2D eigenvalue weighted by atomic mass is 9.96. The monoisotopic (exact) mass is 441 g/mol. The largest absolute Gasteiger partial charge is 0.390 e. The molecule has 4 rings (SSSR count). The molecule has 0 aliphatic carbocycles. The molecule has 2 fully saturated rings. The third-order valence-electron chi connectivity index (χ3n) is 6.98. The number of carbonyl (C=O) groups excluding carboxylic acids is 2. The van der Waals surface area contributed by atoms with Crippen LogP contribution in [0.2, 0.25) is 0 Å². The van der Waals surface area contributed by atoms with Crippen LogP contribution in [-0.2, 0) is 4.79 Å². The van der Waals surface area contributed by atoms with Crippen LogP contribution in [0, 0.1) is 0 Å². The Kier molecular flexibility index (Phi) is 6.53. The number of aliphatic hydroxyl groups is 1. The summed E-state index contributed by atoms with van der Waals surface area (Å²) in [6.45, 7) is 6.56. The molecule has 2 aromatic rings. The number of nitrogens with one attached hydrogen (secondary N) is 1. The van der Waals surface area contributed by atoms with E-state index in [1.54, 1.807) is 11.9 Å². The summed E-state index contributed by atoms with van der Waals surface area (Å²) in [6, 6.07) is 8.86. The van der Waals surface area contributed by atoms with Gasteiger partial charge in [-0.2, -0.15) is 5.10 Å². The molecule has 8 heteroatoms. The Morgan fingerprint density at radius 3 is 2.50 bits per heavy atom. The number of benzene rings is 1. The van der Waals surface area contributed by atoms with E-state index in [0.29, 0.717) is 30.9 Å². The van der Waals surface area contributed by atoms with E-state index in [1.807, 2.05) is 28.9 Å². The fourth-order valence-electron chi connectivity index (χ4n) is 5.34. The average molecular weight is 442 g/mol. The number of piperidine rings is 1. The Balaban J connectivity index is 1.40. The Bertz CT molecular complexity index is 973. The molecule has 3 heterocycles. The Morgan fingerprint density at radius 2 is 1.88 bits per heavy atom. The van der Waals surface area contributed by atoms with Gasteiger partial charge >= 0.3 is 0 Å². The number of aromatic nitrogens is 2. The summed E-state index contributed by atoms with van der Waals surface area (Å²) in [4.78, 5) is 28.5. The van der Waals surface area contributed by atoms with Crippen molar-refractivity contribution in [1.82, 2.24) is 24.9 Å². The minimum absolute atomic E-state index is 0.0409. The third-order valence-corrected chi connectivity index (χ3v) is 6.98. The van der Waals surface area contributed by atoms with Gasteiger partial charge in [0.2, 0.25) is 5.91 Å². The number of carbonyl (C=O) groups is 2. The zero-order valence-electron chi connectivity index (χ0n) is 19.5. The van der Waals surface area contributed by atoms with Gasteiger partial charge in [-0.25, -0.2) is 0 Å². The second-order valence-corrected chi connectivity index (χ2v) is 9.68. The van der Waals surface area contributed by atoms with E-state index in [9.17, 15) is 14.7 Å². The summed E-state index contributed by atoms with van der Waals surface area (Å²) < 4.78 is 1.91. The standard InChI is InChI=1S/C24H35N5O3/c1-15(2)29-22-8-6-5-7-21(22)23(26-29)24(32)25-17-11-18-9-10-19(12-17)28(18)14-20(31)13-27(4)16(3)30/h5-8,15,17-20,31H,9-14H2,1-4H3,(H,25,32)/t18-,19-,20?/m0/s1. The van der Waals surface area contributed by atoms with Crippen LogP contribution in [0.1, 0.15) is 63.0 Å². The van der Waals surface area contributed by atoms with Gasteiger partial charge in [0.25, 0.3) is 5.91 Å². The minimum Gasteiger partial charge on any atom is -0.390 e. The topological polar surface area (TPSA) is 90.7 Å². The molecule has 0 saturated carbocycles. The van der Waals surface area contributed by atoms with Gasteiger partial charge in [-0.05, 0) is 45.6 Å². The number of hydrogen-bond donors (Lipinski definition) is 2. The summed E-state index contributed by atoms with van der Waals surface area (Å²) in [5, 5.41) is 19.2. The molecule has 1 aromatic heterocycles. The molecule has 2 bridgehead atoms. The Hall–Kier alpha value is -2.45. The zero-order chi connectivity index (χ0) is 23.0. The van der Waals surface area contributed by atoms with Crippen molar-refractivity contribution in [3.05, 3.63) is 30.0 Å². The first kappa shape index (κ1) is 22.7. The van der Waals surface area contributed by atoms with Gasteiger partial charge in [0.15, 0.2) is 5.69 Å². The molecule has 32 heavy (non-hydrogen) atoms. The molecule has 2 amide bonds. The molecule has 2 aliphatic rings. The van der Waals surface area contributed by atoms with Crippen LogP contribution < -0.4 is 5.32 Å². The maximum Gasteiger partial charge on any atom is 0.272 e. The van der Waals surface area contributed by atoms with Crippen molar-refractivity contribution in [2.24, 2.45) is 0 Å². The lowest BCUT2D eigenvalue weighted by Gasteiger charge is -2.40. The van der Waals surface area contributed by atoms with E-state index < -0.39 is 6.10 Å². The highest BCUT2D eigenvalue weighted by Gasteiger charge is 2.42. The van der Waals surface area contributed by atoms with Gasteiger partial charge < -0.3 is 15.3 Å². The first-order chi connectivity index (χ1) is 15.2. The van der Waals surface area contributed by atoms with Crippen LogP contribution in [0.4, 0.5) is 0 Å². The average Bonchev–Trinajstić information content (AvgIpc) is 3.22. The van der Waals surface area contributed by atoms with E-state index >= 15 is 0 Å². The maximum absolute atomic E-state index is 13.2. The maximum atomic E-state index is 13.2. The molecule has 2 aliphatic heterocycles. The molecule has 174 valence electrons. The van der Waals surface area contributed by atoms with E-state index in [0.717, 1.165) is 36.6 Å². The number of fused-ring (bicyclic) bond motifs is 3. The van der Waals surface area contributed by atoms with Crippen LogP contribution in [0.25, 0.3) is 10.9 Å². The van der Waals surface area contributed by atoms with Crippen molar-refractivity contribution in [3.63, 3.8) is 0 Å². The molecular weight excluding hydrogens is 406 g/mol. The van der Waals surface area contributed by atoms with E-state index in [4.69, 9.17) is 0 Å². The van der Waals surface area contributed by atoms with Crippen molar-refractivity contribution >= 4 is 22.7 Å². The number of likely N-dealkylation sites (N-methyl/N-ethyl adjacent to an activating group) is 1. The minimum atomic E-state index is -0.565. The van der Waals surface area contributed by atoms with E-state index in [2.05, 4.69) is 29.2 Å². The molecule has 1 unspecified atom stereocenters. The smallest absolute Gasteiger partial charge is 0.272 e. The number of hydrogen-bond acceptors (Lipinski definition) is 5. The van der Waals surface area contributed by atoms with Gasteiger partial charge in [-0.3, -0.25) is 19.2 Å². The van der Waals surface area contributed by atoms with Gasteiger partial charge in [-0.1, -0.05) is 18.2 Å². The van der Waals surface area contributed by atoms with Crippen LogP contribution in [0.5, 0.6) is 0 Å². The molecule has 0 spiro atoms. The summed E-state index contributed by atoms with van der Waals surface area (Å²) in [7, 11) is 1.71. The van der Waals surface area contributed by atoms with Crippen LogP contribution >= 0.6 is 0 Å². The second-order valence-electron chi connectivity index (χ2n) is 9.68. The van der Waals surface area contributed by atoms with Crippen molar-refractivity contribution in [2.75, 3.05) is 20.1 Å². The van der Waals surface area contributed by atoms with E-state index in [-0.39, 0.29) is 23.9 Å². The third kappa shape index (κ3) is 4.52. The molecule has 1 aromatic carbocycles. The molecule has 3 atom stereocenters. The molecule has 2 saturated heterocycles. The zero-order valence-corrected chi connectivity index (χ0v) is 19.5.